The van der Waals surface area contributed by atoms with Gasteiger partial charge in [-0.3, -0.25) is 9.69 Å². The zero-order valence-electron chi connectivity index (χ0n) is 11.0. The minimum atomic E-state index is -0.264. The van der Waals surface area contributed by atoms with Gasteiger partial charge in [-0.15, -0.1) is 0 Å². The van der Waals surface area contributed by atoms with Gasteiger partial charge in [-0.1, -0.05) is 18.5 Å². The molecule has 1 unspecified atom stereocenters. The molecule has 2 rings (SSSR count). The highest BCUT2D eigenvalue weighted by atomic mass is 35.5. The van der Waals surface area contributed by atoms with Crippen molar-refractivity contribution in [1.29, 1.82) is 0 Å². The van der Waals surface area contributed by atoms with Crippen molar-refractivity contribution in [2.45, 2.75) is 25.8 Å². The van der Waals surface area contributed by atoms with Gasteiger partial charge in [0.25, 0.3) is 5.91 Å². The highest BCUT2D eigenvalue weighted by molar-refractivity contribution is 6.33. The molecular formula is C13H19ClN4O. The Labute approximate surface area is 118 Å². The summed E-state index contributed by atoms with van der Waals surface area (Å²) in [6.45, 7) is 4.88. The number of halogens is 1. The first-order valence-electron chi connectivity index (χ1n) is 6.56. The van der Waals surface area contributed by atoms with Crippen molar-refractivity contribution < 1.29 is 4.79 Å². The first kappa shape index (κ1) is 14.1. The predicted molar refractivity (Wildman–Crippen MR) is 76.3 cm³/mol. The van der Waals surface area contributed by atoms with E-state index in [9.17, 15) is 4.79 Å². The third-order valence-corrected chi connectivity index (χ3v) is 3.79. The number of carbonyl (C=O) groups excluding carboxylic acids is 1. The number of rotatable bonds is 4. The Balaban J connectivity index is 1.96. The third-order valence-electron chi connectivity index (χ3n) is 3.49. The fourth-order valence-corrected chi connectivity index (χ4v) is 2.64. The molecular weight excluding hydrogens is 264 g/mol. The van der Waals surface area contributed by atoms with Gasteiger partial charge in [0.05, 0.1) is 5.02 Å². The van der Waals surface area contributed by atoms with E-state index < -0.39 is 0 Å². The fourth-order valence-electron chi connectivity index (χ4n) is 2.45. The van der Waals surface area contributed by atoms with E-state index in [0.717, 1.165) is 19.5 Å². The average Bonchev–Trinajstić information content (AvgIpc) is 2.86. The smallest absolute Gasteiger partial charge is 0.271 e. The Bertz CT molecular complexity index is 466. The van der Waals surface area contributed by atoms with E-state index in [4.69, 9.17) is 17.3 Å². The number of likely N-dealkylation sites (tertiary alicyclic amines) is 1. The van der Waals surface area contributed by atoms with Gasteiger partial charge in [0.2, 0.25) is 0 Å². The SMILES string of the molecule is CCN1CCCC1CNC(=O)c1nc(N)ccc1Cl. The van der Waals surface area contributed by atoms with Gasteiger partial charge in [0, 0.05) is 12.6 Å². The molecule has 0 spiro atoms. The van der Waals surface area contributed by atoms with Crippen LogP contribution in [0.25, 0.3) is 0 Å². The fraction of sp³-hybridized carbons (Fsp3) is 0.538. The monoisotopic (exact) mass is 282 g/mol. The molecule has 1 aliphatic rings. The van der Waals surface area contributed by atoms with Crippen molar-refractivity contribution in [3.05, 3.63) is 22.8 Å². The van der Waals surface area contributed by atoms with Gasteiger partial charge in [0.1, 0.15) is 11.5 Å². The molecule has 1 amide bonds. The Hall–Kier alpha value is -1.33. The summed E-state index contributed by atoms with van der Waals surface area (Å²) in [6.07, 6.45) is 2.30. The van der Waals surface area contributed by atoms with Crippen LogP contribution < -0.4 is 11.1 Å². The molecule has 19 heavy (non-hydrogen) atoms. The third kappa shape index (κ3) is 3.36. The molecule has 0 bridgehead atoms. The molecule has 1 fully saturated rings. The number of likely N-dealkylation sites (N-methyl/N-ethyl adjacent to an activating group) is 1. The lowest BCUT2D eigenvalue weighted by Crippen LogP contribution is -2.40. The van der Waals surface area contributed by atoms with Crippen molar-refractivity contribution in [3.63, 3.8) is 0 Å². The summed E-state index contributed by atoms with van der Waals surface area (Å²) < 4.78 is 0. The second-order valence-electron chi connectivity index (χ2n) is 4.70. The molecule has 1 aromatic rings. The minimum Gasteiger partial charge on any atom is -0.384 e. The summed E-state index contributed by atoms with van der Waals surface area (Å²) in [7, 11) is 0. The van der Waals surface area contributed by atoms with Crippen LogP contribution in [0.4, 0.5) is 5.82 Å². The Kier molecular flexibility index (Phi) is 4.61. The van der Waals surface area contributed by atoms with Gasteiger partial charge in [0.15, 0.2) is 0 Å². The molecule has 0 saturated carbocycles. The van der Waals surface area contributed by atoms with Crippen molar-refractivity contribution >= 4 is 23.3 Å². The molecule has 104 valence electrons. The number of nitrogen functional groups attached to an aromatic ring is 1. The quantitative estimate of drug-likeness (QED) is 0.879. The van der Waals surface area contributed by atoms with E-state index in [-0.39, 0.29) is 11.6 Å². The van der Waals surface area contributed by atoms with Gasteiger partial charge in [-0.2, -0.15) is 0 Å². The summed E-state index contributed by atoms with van der Waals surface area (Å²) in [5, 5.41) is 3.21. The number of nitrogens with zero attached hydrogens (tertiary/aromatic N) is 2. The van der Waals surface area contributed by atoms with Crippen LogP contribution >= 0.6 is 11.6 Å². The number of amides is 1. The summed E-state index contributed by atoms with van der Waals surface area (Å²) in [6, 6.07) is 3.58. The van der Waals surface area contributed by atoms with Gasteiger partial charge < -0.3 is 11.1 Å². The lowest BCUT2D eigenvalue weighted by atomic mass is 10.2. The lowest BCUT2D eigenvalue weighted by molar-refractivity contribution is 0.0936. The minimum absolute atomic E-state index is 0.197. The standard InChI is InChI=1S/C13H19ClN4O/c1-2-18-7-3-4-9(18)8-16-13(19)12-10(14)5-6-11(15)17-12/h5-6,9H,2-4,7-8H2,1H3,(H2,15,17)(H,16,19). The normalized spacial score (nSPS) is 19.6. The van der Waals surface area contributed by atoms with Gasteiger partial charge >= 0.3 is 0 Å². The summed E-state index contributed by atoms with van der Waals surface area (Å²) in [4.78, 5) is 18.4. The average molecular weight is 283 g/mol. The van der Waals surface area contributed by atoms with Gasteiger partial charge in [-0.25, -0.2) is 4.98 Å². The van der Waals surface area contributed by atoms with E-state index in [0.29, 0.717) is 23.4 Å². The van der Waals surface area contributed by atoms with Crippen LogP contribution in [-0.4, -0.2) is 41.5 Å². The van der Waals surface area contributed by atoms with Crippen LogP contribution in [0.3, 0.4) is 0 Å². The van der Waals surface area contributed by atoms with Crippen LogP contribution in [0.2, 0.25) is 5.02 Å². The maximum atomic E-state index is 12.0. The molecule has 3 N–H and O–H groups in total. The predicted octanol–water partition coefficient (Wildman–Crippen LogP) is 1.53. The Morgan fingerprint density at radius 2 is 2.42 bits per heavy atom. The van der Waals surface area contributed by atoms with E-state index in [1.54, 1.807) is 12.1 Å². The number of aromatic nitrogens is 1. The number of carbonyl (C=O) groups is 1. The first-order valence-corrected chi connectivity index (χ1v) is 6.94. The molecule has 0 aromatic carbocycles. The molecule has 1 aliphatic heterocycles. The van der Waals surface area contributed by atoms with Crippen LogP contribution in [-0.2, 0) is 0 Å². The van der Waals surface area contributed by atoms with E-state index >= 15 is 0 Å². The number of pyridine rings is 1. The van der Waals surface area contributed by atoms with E-state index in [2.05, 4.69) is 22.1 Å². The number of hydrogen-bond donors (Lipinski definition) is 2. The van der Waals surface area contributed by atoms with Crippen molar-refractivity contribution in [2.75, 3.05) is 25.4 Å². The first-order chi connectivity index (χ1) is 9.11. The molecule has 2 heterocycles. The topological polar surface area (TPSA) is 71.2 Å². The summed E-state index contributed by atoms with van der Waals surface area (Å²) in [5.41, 5.74) is 5.77. The molecule has 1 atom stereocenters. The van der Waals surface area contributed by atoms with Crippen molar-refractivity contribution in [1.82, 2.24) is 15.2 Å². The number of nitrogens with two attached hydrogens (primary N) is 1. The lowest BCUT2D eigenvalue weighted by Gasteiger charge is -2.22. The molecule has 1 aromatic heterocycles. The number of hydrogen-bond acceptors (Lipinski definition) is 4. The second kappa shape index (κ2) is 6.21. The molecule has 5 nitrogen and oxygen atoms in total. The van der Waals surface area contributed by atoms with Crippen molar-refractivity contribution in [3.8, 4) is 0 Å². The van der Waals surface area contributed by atoms with Crippen LogP contribution in [0.15, 0.2) is 12.1 Å². The highest BCUT2D eigenvalue weighted by Crippen LogP contribution is 2.17. The van der Waals surface area contributed by atoms with E-state index in [1.165, 1.54) is 6.42 Å². The van der Waals surface area contributed by atoms with Gasteiger partial charge in [-0.05, 0) is 38.1 Å². The summed E-state index contributed by atoms with van der Waals surface area (Å²) in [5.74, 6) is 0.0332. The summed E-state index contributed by atoms with van der Waals surface area (Å²) >= 11 is 5.95. The second-order valence-corrected chi connectivity index (χ2v) is 5.11. The molecule has 6 heteroatoms. The zero-order valence-corrected chi connectivity index (χ0v) is 11.8. The molecule has 0 radical (unpaired) electrons. The Morgan fingerprint density at radius 1 is 1.63 bits per heavy atom. The van der Waals surface area contributed by atoms with Crippen molar-refractivity contribution in [2.24, 2.45) is 0 Å². The maximum absolute atomic E-state index is 12.0. The number of anilines is 1. The largest absolute Gasteiger partial charge is 0.384 e. The highest BCUT2D eigenvalue weighted by Gasteiger charge is 2.23. The van der Waals surface area contributed by atoms with Crippen LogP contribution in [0.5, 0.6) is 0 Å². The van der Waals surface area contributed by atoms with Crippen LogP contribution in [0, 0.1) is 0 Å². The van der Waals surface area contributed by atoms with E-state index in [1.807, 2.05) is 0 Å². The van der Waals surface area contributed by atoms with Crippen LogP contribution in [0.1, 0.15) is 30.3 Å². The Morgan fingerprint density at radius 3 is 3.16 bits per heavy atom. The number of nitrogens with one attached hydrogen (secondary N) is 1. The molecule has 0 aliphatic carbocycles. The maximum Gasteiger partial charge on any atom is 0.271 e. The zero-order chi connectivity index (χ0) is 13.8. The molecule has 1 saturated heterocycles.